The van der Waals surface area contributed by atoms with Crippen LogP contribution in [0.15, 0.2) is 24.3 Å². The molecule has 0 fully saturated rings. The fourth-order valence-corrected chi connectivity index (χ4v) is 1.96. The van der Waals surface area contributed by atoms with Crippen LogP contribution in [0.5, 0.6) is 5.75 Å². The molecule has 0 aromatic heterocycles. The number of hydrogen-bond donors (Lipinski definition) is 2. The molecule has 4 heteroatoms. The van der Waals surface area contributed by atoms with Gasteiger partial charge in [0, 0.05) is 18.7 Å². The molecule has 1 rings (SSSR count). The number of rotatable bonds is 7. The van der Waals surface area contributed by atoms with E-state index in [9.17, 15) is 5.11 Å². The van der Waals surface area contributed by atoms with Gasteiger partial charge < -0.3 is 14.9 Å². The fourth-order valence-electron chi connectivity index (χ4n) is 1.96. The van der Waals surface area contributed by atoms with Gasteiger partial charge in [-0.2, -0.15) is 0 Å². The molecular weight excluding hydrogens is 266 g/mol. The minimum Gasteiger partial charge on any atom is -0.492 e. The van der Waals surface area contributed by atoms with Crippen LogP contribution in [0.25, 0.3) is 0 Å². The van der Waals surface area contributed by atoms with E-state index in [2.05, 4.69) is 23.7 Å². The number of nitrogens with zero attached hydrogens (tertiary/aromatic N) is 1. The van der Waals surface area contributed by atoms with Crippen molar-refractivity contribution in [3.63, 3.8) is 0 Å². The second kappa shape index (κ2) is 8.68. The van der Waals surface area contributed by atoms with Crippen LogP contribution in [0, 0.1) is 11.8 Å². The summed E-state index contributed by atoms with van der Waals surface area (Å²) >= 11 is 0. The van der Waals surface area contributed by atoms with Gasteiger partial charge in [-0.3, -0.25) is 4.90 Å². The highest BCUT2D eigenvalue weighted by Crippen LogP contribution is 2.12. The van der Waals surface area contributed by atoms with Gasteiger partial charge in [-0.1, -0.05) is 18.8 Å². The van der Waals surface area contributed by atoms with Gasteiger partial charge in [0.2, 0.25) is 0 Å². The van der Waals surface area contributed by atoms with Gasteiger partial charge >= 0.3 is 0 Å². The number of benzene rings is 1. The Hall–Kier alpha value is -1.54. The average Bonchev–Trinajstić information content (AvgIpc) is 2.44. The second-order valence-electron chi connectivity index (χ2n) is 5.51. The molecule has 0 aliphatic rings. The summed E-state index contributed by atoms with van der Waals surface area (Å²) in [5.74, 6) is 6.24. The predicted octanol–water partition coefficient (Wildman–Crippen LogP) is 1.50. The molecular formula is C17H25NO3. The maximum absolute atomic E-state index is 9.82. The Bertz CT molecular complexity index is 466. The third-order valence-electron chi connectivity index (χ3n) is 2.90. The van der Waals surface area contributed by atoms with Crippen molar-refractivity contribution in [3.8, 4) is 17.6 Å². The Morgan fingerprint density at radius 2 is 1.90 bits per heavy atom. The molecule has 0 atom stereocenters. The van der Waals surface area contributed by atoms with Crippen molar-refractivity contribution < 1.29 is 14.9 Å². The minimum atomic E-state index is -0.691. The van der Waals surface area contributed by atoms with Crippen LogP contribution in [-0.4, -0.2) is 53.6 Å². The van der Waals surface area contributed by atoms with E-state index < -0.39 is 5.60 Å². The first-order valence-corrected chi connectivity index (χ1v) is 7.22. The van der Waals surface area contributed by atoms with E-state index >= 15 is 0 Å². The van der Waals surface area contributed by atoms with Gasteiger partial charge in [-0.15, -0.1) is 0 Å². The zero-order valence-electron chi connectivity index (χ0n) is 13.1. The fraction of sp³-hybridized carbons (Fsp3) is 0.529. The van der Waals surface area contributed by atoms with Crippen LogP contribution in [0.3, 0.4) is 0 Å². The van der Waals surface area contributed by atoms with E-state index in [1.165, 1.54) is 0 Å². The highest BCUT2D eigenvalue weighted by molar-refractivity contribution is 5.38. The van der Waals surface area contributed by atoms with Gasteiger partial charge in [-0.25, -0.2) is 0 Å². The van der Waals surface area contributed by atoms with E-state index in [4.69, 9.17) is 9.84 Å². The number of ether oxygens (including phenoxy) is 1. The van der Waals surface area contributed by atoms with Crippen molar-refractivity contribution in [1.82, 2.24) is 4.90 Å². The van der Waals surface area contributed by atoms with Crippen molar-refractivity contribution in [2.75, 3.05) is 32.8 Å². The van der Waals surface area contributed by atoms with Crippen LogP contribution in [0.2, 0.25) is 0 Å². The lowest BCUT2D eigenvalue weighted by atomic mass is 10.1. The number of aliphatic hydroxyl groups excluding tert-OH is 1. The van der Waals surface area contributed by atoms with Gasteiger partial charge in [-0.05, 0) is 44.7 Å². The molecule has 1 aromatic carbocycles. The Labute approximate surface area is 127 Å². The van der Waals surface area contributed by atoms with Crippen molar-refractivity contribution in [1.29, 1.82) is 0 Å². The molecule has 2 N–H and O–H groups in total. The molecule has 0 aliphatic heterocycles. The second-order valence-corrected chi connectivity index (χ2v) is 5.51. The molecule has 0 saturated heterocycles. The van der Waals surface area contributed by atoms with Crippen molar-refractivity contribution in [2.24, 2.45) is 0 Å². The largest absolute Gasteiger partial charge is 0.492 e. The van der Waals surface area contributed by atoms with E-state index in [1.807, 2.05) is 38.1 Å². The first-order chi connectivity index (χ1) is 9.94. The summed E-state index contributed by atoms with van der Waals surface area (Å²) in [5.41, 5.74) is 0.164. The molecule has 1 aromatic rings. The summed E-state index contributed by atoms with van der Waals surface area (Å²) in [7, 11) is 0. The van der Waals surface area contributed by atoms with E-state index in [0.29, 0.717) is 13.2 Å². The molecule has 4 nitrogen and oxygen atoms in total. The highest BCUT2D eigenvalue weighted by atomic mass is 16.5. The van der Waals surface area contributed by atoms with Crippen LogP contribution >= 0.6 is 0 Å². The zero-order valence-corrected chi connectivity index (χ0v) is 13.1. The maximum Gasteiger partial charge on any atom is 0.119 e. The molecule has 0 unspecified atom stereocenters. The lowest BCUT2D eigenvalue weighted by Gasteiger charge is -2.27. The average molecular weight is 291 g/mol. The zero-order chi connectivity index (χ0) is 15.7. The van der Waals surface area contributed by atoms with Crippen molar-refractivity contribution >= 4 is 0 Å². The third kappa shape index (κ3) is 7.72. The molecule has 0 aliphatic carbocycles. The van der Waals surface area contributed by atoms with Crippen LogP contribution in [0.1, 0.15) is 26.3 Å². The van der Waals surface area contributed by atoms with Crippen molar-refractivity contribution in [3.05, 3.63) is 29.8 Å². The summed E-state index contributed by atoms with van der Waals surface area (Å²) < 4.78 is 5.69. The monoisotopic (exact) mass is 291 g/mol. The Kier molecular flexibility index (Phi) is 7.24. The van der Waals surface area contributed by atoms with Gasteiger partial charge in [0.1, 0.15) is 19.0 Å². The van der Waals surface area contributed by atoms with Crippen LogP contribution in [-0.2, 0) is 0 Å². The first-order valence-electron chi connectivity index (χ1n) is 7.22. The Balaban J connectivity index is 2.41. The SMILES string of the molecule is CCN(CCOc1ccc(C#CCO)cc1)CC(C)(C)O. The maximum atomic E-state index is 9.82. The Morgan fingerprint density at radius 1 is 1.24 bits per heavy atom. The normalized spacial score (nSPS) is 11.1. The molecule has 0 radical (unpaired) electrons. The number of hydrogen-bond acceptors (Lipinski definition) is 4. The van der Waals surface area contributed by atoms with E-state index in [-0.39, 0.29) is 6.61 Å². The van der Waals surface area contributed by atoms with Gasteiger partial charge in [0.15, 0.2) is 0 Å². The molecule has 0 saturated carbocycles. The molecule has 116 valence electrons. The smallest absolute Gasteiger partial charge is 0.119 e. The number of likely N-dealkylation sites (N-methyl/N-ethyl adjacent to an activating group) is 1. The summed E-state index contributed by atoms with van der Waals surface area (Å²) in [4.78, 5) is 2.15. The van der Waals surface area contributed by atoms with Gasteiger partial charge in [0.25, 0.3) is 0 Å². The molecule has 21 heavy (non-hydrogen) atoms. The van der Waals surface area contributed by atoms with E-state index in [1.54, 1.807) is 0 Å². The lowest BCUT2D eigenvalue weighted by Crippen LogP contribution is -2.40. The molecule has 0 spiro atoms. The van der Waals surface area contributed by atoms with Crippen molar-refractivity contribution in [2.45, 2.75) is 26.4 Å². The highest BCUT2D eigenvalue weighted by Gasteiger charge is 2.16. The summed E-state index contributed by atoms with van der Waals surface area (Å²) in [5, 5.41) is 18.5. The standard InChI is InChI=1S/C17H25NO3/c1-4-18(14-17(2,3)20)11-13-21-16-9-7-15(8-10-16)6-5-12-19/h7-10,19-20H,4,11-14H2,1-3H3. The molecule has 0 amide bonds. The predicted molar refractivity (Wildman–Crippen MR) is 84.3 cm³/mol. The summed E-state index contributed by atoms with van der Waals surface area (Å²) in [6.45, 7) is 8.40. The van der Waals surface area contributed by atoms with E-state index in [0.717, 1.165) is 24.4 Å². The molecule has 0 heterocycles. The quantitative estimate of drug-likeness (QED) is 0.748. The van der Waals surface area contributed by atoms with Crippen LogP contribution in [0.4, 0.5) is 0 Å². The topological polar surface area (TPSA) is 52.9 Å². The summed E-state index contributed by atoms with van der Waals surface area (Å²) in [6.07, 6.45) is 0. The third-order valence-corrected chi connectivity index (χ3v) is 2.90. The lowest BCUT2D eigenvalue weighted by molar-refractivity contribution is 0.0340. The number of aliphatic hydroxyl groups is 2. The Morgan fingerprint density at radius 3 is 2.43 bits per heavy atom. The minimum absolute atomic E-state index is 0.133. The summed E-state index contributed by atoms with van der Waals surface area (Å²) in [6, 6.07) is 7.47. The molecule has 0 bridgehead atoms. The van der Waals surface area contributed by atoms with Gasteiger partial charge in [0.05, 0.1) is 5.60 Å². The van der Waals surface area contributed by atoms with Crippen LogP contribution < -0.4 is 4.74 Å². The first kappa shape index (κ1) is 17.5.